The Bertz CT molecular complexity index is 336. The van der Waals surface area contributed by atoms with E-state index in [0.717, 1.165) is 24.8 Å². The molecule has 1 aliphatic rings. The summed E-state index contributed by atoms with van der Waals surface area (Å²) in [5.74, 6) is 0.680. The molecule has 0 bridgehead atoms. The molecule has 1 aromatic carbocycles. The first-order valence-corrected chi connectivity index (χ1v) is 6.12. The van der Waals surface area contributed by atoms with Gasteiger partial charge in [-0.2, -0.15) is 0 Å². The van der Waals surface area contributed by atoms with Gasteiger partial charge in [0.15, 0.2) is 0 Å². The SMILES string of the molecule is OC1(c2ccc(Cl)cc2)CCCC1CCl. The summed E-state index contributed by atoms with van der Waals surface area (Å²) in [5, 5.41) is 11.3. The van der Waals surface area contributed by atoms with Gasteiger partial charge in [-0.1, -0.05) is 23.7 Å². The molecule has 1 nitrogen and oxygen atoms in total. The molecule has 0 saturated heterocycles. The van der Waals surface area contributed by atoms with Gasteiger partial charge < -0.3 is 5.11 Å². The van der Waals surface area contributed by atoms with Gasteiger partial charge in [-0.05, 0) is 37.0 Å². The molecule has 15 heavy (non-hydrogen) atoms. The van der Waals surface area contributed by atoms with Gasteiger partial charge in [0.2, 0.25) is 0 Å². The van der Waals surface area contributed by atoms with E-state index in [9.17, 15) is 5.11 Å². The van der Waals surface area contributed by atoms with E-state index < -0.39 is 5.60 Å². The minimum Gasteiger partial charge on any atom is -0.385 e. The van der Waals surface area contributed by atoms with Crippen LogP contribution in [-0.4, -0.2) is 11.0 Å². The zero-order chi connectivity index (χ0) is 10.9. The molecule has 0 aliphatic heterocycles. The Morgan fingerprint density at radius 1 is 1.33 bits per heavy atom. The lowest BCUT2D eigenvalue weighted by Gasteiger charge is -2.29. The molecule has 0 heterocycles. The zero-order valence-corrected chi connectivity index (χ0v) is 9.93. The monoisotopic (exact) mass is 244 g/mol. The van der Waals surface area contributed by atoms with E-state index in [4.69, 9.17) is 23.2 Å². The van der Waals surface area contributed by atoms with E-state index >= 15 is 0 Å². The summed E-state index contributed by atoms with van der Waals surface area (Å²) >= 11 is 11.7. The highest BCUT2D eigenvalue weighted by atomic mass is 35.5. The standard InChI is InChI=1S/C12H14Cl2O/c13-8-10-2-1-7-12(10,15)9-3-5-11(14)6-4-9/h3-6,10,15H,1-2,7-8H2. The van der Waals surface area contributed by atoms with Crippen molar-refractivity contribution in [2.75, 3.05) is 5.88 Å². The fourth-order valence-electron chi connectivity index (χ4n) is 2.38. The Hall–Kier alpha value is -0.240. The molecule has 82 valence electrons. The van der Waals surface area contributed by atoms with Gasteiger partial charge >= 0.3 is 0 Å². The summed E-state index contributed by atoms with van der Waals surface area (Å²) in [5.41, 5.74) is 0.196. The molecule has 0 amide bonds. The van der Waals surface area contributed by atoms with Crippen LogP contribution in [0.25, 0.3) is 0 Å². The normalized spacial score (nSPS) is 30.7. The lowest BCUT2D eigenvalue weighted by atomic mass is 9.85. The summed E-state index contributed by atoms with van der Waals surface area (Å²) in [6.45, 7) is 0. The summed E-state index contributed by atoms with van der Waals surface area (Å²) in [6.07, 6.45) is 2.84. The average molecular weight is 245 g/mol. The van der Waals surface area contributed by atoms with Crippen molar-refractivity contribution in [2.24, 2.45) is 5.92 Å². The second kappa shape index (κ2) is 4.32. The van der Waals surface area contributed by atoms with E-state index in [1.54, 1.807) is 0 Å². The Balaban J connectivity index is 2.32. The first-order valence-electron chi connectivity index (χ1n) is 5.21. The number of rotatable bonds is 2. The van der Waals surface area contributed by atoms with Crippen LogP contribution in [-0.2, 0) is 5.60 Å². The van der Waals surface area contributed by atoms with Crippen LogP contribution in [0.2, 0.25) is 5.02 Å². The maximum atomic E-state index is 10.6. The minimum absolute atomic E-state index is 0.167. The third-order valence-corrected chi connectivity index (χ3v) is 3.94. The number of alkyl halides is 1. The molecule has 1 N–H and O–H groups in total. The van der Waals surface area contributed by atoms with Crippen LogP contribution in [0, 0.1) is 5.92 Å². The van der Waals surface area contributed by atoms with E-state index in [1.807, 2.05) is 24.3 Å². The highest BCUT2D eigenvalue weighted by Crippen LogP contribution is 2.44. The number of benzene rings is 1. The van der Waals surface area contributed by atoms with E-state index in [2.05, 4.69) is 0 Å². The molecule has 1 fully saturated rings. The van der Waals surface area contributed by atoms with Gasteiger partial charge in [-0.25, -0.2) is 0 Å². The van der Waals surface area contributed by atoms with Gasteiger partial charge in [0, 0.05) is 16.8 Å². The molecule has 1 saturated carbocycles. The van der Waals surface area contributed by atoms with Crippen LogP contribution in [0.4, 0.5) is 0 Å². The molecule has 3 heteroatoms. The molecule has 0 spiro atoms. The third kappa shape index (κ3) is 2.01. The molecule has 2 rings (SSSR count). The second-order valence-electron chi connectivity index (χ2n) is 4.17. The summed E-state index contributed by atoms with van der Waals surface area (Å²) < 4.78 is 0. The molecule has 0 radical (unpaired) electrons. The molecule has 0 aromatic heterocycles. The highest BCUT2D eigenvalue weighted by molar-refractivity contribution is 6.30. The predicted octanol–water partition coefficient (Wildman–Crippen LogP) is 3.57. The van der Waals surface area contributed by atoms with Crippen LogP contribution in [0.15, 0.2) is 24.3 Å². The first-order chi connectivity index (χ1) is 7.16. The van der Waals surface area contributed by atoms with Crippen LogP contribution >= 0.6 is 23.2 Å². The van der Waals surface area contributed by atoms with Gasteiger partial charge in [-0.3, -0.25) is 0 Å². The quantitative estimate of drug-likeness (QED) is 0.790. The van der Waals surface area contributed by atoms with Crippen LogP contribution in [0.5, 0.6) is 0 Å². The lowest BCUT2D eigenvalue weighted by molar-refractivity contribution is 0.00583. The Kier molecular flexibility index (Phi) is 3.24. The van der Waals surface area contributed by atoms with E-state index in [1.165, 1.54) is 0 Å². The van der Waals surface area contributed by atoms with Crippen molar-refractivity contribution in [3.05, 3.63) is 34.9 Å². The molecule has 2 atom stereocenters. The Morgan fingerprint density at radius 3 is 2.60 bits per heavy atom. The fourth-order valence-corrected chi connectivity index (χ4v) is 2.92. The third-order valence-electron chi connectivity index (χ3n) is 3.32. The summed E-state index contributed by atoms with van der Waals surface area (Å²) in [6, 6.07) is 7.43. The van der Waals surface area contributed by atoms with Crippen molar-refractivity contribution in [3.8, 4) is 0 Å². The minimum atomic E-state index is -0.744. The van der Waals surface area contributed by atoms with E-state index in [0.29, 0.717) is 10.9 Å². The number of halogens is 2. The van der Waals surface area contributed by atoms with Crippen molar-refractivity contribution in [1.29, 1.82) is 0 Å². The van der Waals surface area contributed by atoms with Gasteiger partial charge in [0.05, 0.1) is 5.60 Å². The van der Waals surface area contributed by atoms with Gasteiger partial charge in [0.1, 0.15) is 0 Å². The molecule has 2 unspecified atom stereocenters. The van der Waals surface area contributed by atoms with Gasteiger partial charge in [0.25, 0.3) is 0 Å². The smallest absolute Gasteiger partial charge is 0.0935 e. The van der Waals surface area contributed by atoms with Crippen molar-refractivity contribution < 1.29 is 5.11 Å². The summed E-state index contributed by atoms with van der Waals surface area (Å²) in [4.78, 5) is 0. The van der Waals surface area contributed by atoms with Crippen LogP contribution < -0.4 is 0 Å². The average Bonchev–Trinajstić information content (AvgIpc) is 2.61. The van der Waals surface area contributed by atoms with Crippen molar-refractivity contribution >= 4 is 23.2 Å². The topological polar surface area (TPSA) is 20.2 Å². The number of hydrogen-bond donors (Lipinski definition) is 1. The Morgan fingerprint density at radius 2 is 2.00 bits per heavy atom. The maximum absolute atomic E-state index is 10.6. The van der Waals surface area contributed by atoms with Crippen molar-refractivity contribution in [2.45, 2.75) is 24.9 Å². The lowest BCUT2D eigenvalue weighted by Crippen LogP contribution is -2.31. The fraction of sp³-hybridized carbons (Fsp3) is 0.500. The van der Waals surface area contributed by atoms with Crippen LogP contribution in [0.3, 0.4) is 0 Å². The van der Waals surface area contributed by atoms with Crippen molar-refractivity contribution in [3.63, 3.8) is 0 Å². The zero-order valence-electron chi connectivity index (χ0n) is 8.42. The molecule has 1 aromatic rings. The second-order valence-corrected chi connectivity index (χ2v) is 4.92. The maximum Gasteiger partial charge on any atom is 0.0935 e. The predicted molar refractivity (Wildman–Crippen MR) is 63.4 cm³/mol. The summed E-state index contributed by atoms with van der Waals surface area (Å²) in [7, 11) is 0. The number of hydrogen-bond acceptors (Lipinski definition) is 1. The Labute approximate surface area is 100 Å². The molecular formula is C12H14Cl2O. The van der Waals surface area contributed by atoms with Crippen LogP contribution in [0.1, 0.15) is 24.8 Å². The van der Waals surface area contributed by atoms with Gasteiger partial charge in [-0.15, -0.1) is 11.6 Å². The van der Waals surface area contributed by atoms with E-state index in [-0.39, 0.29) is 5.92 Å². The first kappa shape index (κ1) is 11.3. The van der Waals surface area contributed by atoms with Crippen molar-refractivity contribution in [1.82, 2.24) is 0 Å². The number of aliphatic hydroxyl groups is 1. The largest absolute Gasteiger partial charge is 0.385 e. The molecular weight excluding hydrogens is 231 g/mol. The molecule has 1 aliphatic carbocycles. The highest BCUT2D eigenvalue weighted by Gasteiger charge is 2.41.